The Kier molecular flexibility index (Phi) is 4.83. The van der Waals surface area contributed by atoms with Gasteiger partial charge in [0.25, 0.3) is 5.24 Å². The highest BCUT2D eigenvalue weighted by atomic mass is 35.5. The number of hydrogen-bond donors (Lipinski definition) is 0. The van der Waals surface area contributed by atoms with Gasteiger partial charge in [-0.3, -0.25) is 4.79 Å². The van der Waals surface area contributed by atoms with Crippen LogP contribution < -0.4 is 9.47 Å². The first-order valence-electron chi connectivity index (χ1n) is 7.07. The second kappa shape index (κ2) is 7.03. The highest BCUT2D eigenvalue weighted by Crippen LogP contribution is 2.25. The summed E-state index contributed by atoms with van der Waals surface area (Å²) >= 11 is 11.3. The molecule has 0 spiro atoms. The summed E-state index contributed by atoms with van der Waals surface area (Å²) in [7, 11) is 0. The number of benzene rings is 2. The van der Waals surface area contributed by atoms with E-state index in [0.717, 1.165) is 0 Å². The van der Waals surface area contributed by atoms with Crippen molar-refractivity contribution in [1.29, 1.82) is 0 Å². The average Bonchev–Trinajstić information content (AvgIpc) is 2.56. The summed E-state index contributed by atoms with van der Waals surface area (Å²) in [6.45, 7) is 1.58. The minimum Gasteiger partial charge on any atom is -0.482 e. The molecule has 1 aromatic heterocycles. The molecule has 0 N–H and O–H groups in total. The molecule has 0 saturated heterocycles. The Hall–Kier alpha value is -2.37. The van der Waals surface area contributed by atoms with Crippen LogP contribution in [0.4, 0.5) is 0 Å². The number of carbonyl (C=O) groups is 1. The fourth-order valence-corrected chi connectivity index (χ4v) is 2.18. The molecule has 1 unspecified atom stereocenters. The van der Waals surface area contributed by atoms with Crippen molar-refractivity contribution in [2.24, 2.45) is 0 Å². The number of halogens is 2. The summed E-state index contributed by atoms with van der Waals surface area (Å²) in [4.78, 5) is 19.6. The minimum absolute atomic E-state index is 0.364. The second-order valence-electron chi connectivity index (χ2n) is 4.98. The number of ether oxygens (including phenoxy) is 2. The SMILES string of the molecule is CC(Oc1ccc(Oc2cnc3cc(Cl)ccc3n2)cc1)C(=O)Cl. The lowest BCUT2D eigenvalue weighted by Crippen LogP contribution is -2.18. The van der Waals surface area contributed by atoms with Crippen molar-refractivity contribution in [3.8, 4) is 17.4 Å². The van der Waals surface area contributed by atoms with Gasteiger partial charge in [-0.25, -0.2) is 9.97 Å². The molecular weight excluding hydrogens is 351 g/mol. The van der Waals surface area contributed by atoms with Crippen LogP contribution in [0.1, 0.15) is 6.92 Å². The smallest absolute Gasteiger partial charge is 0.262 e. The van der Waals surface area contributed by atoms with Crippen molar-refractivity contribution in [3.05, 3.63) is 53.7 Å². The van der Waals surface area contributed by atoms with Gasteiger partial charge in [-0.1, -0.05) is 11.6 Å². The van der Waals surface area contributed by atoms with Crippen molar-refractivity contribution in [2.75, 3.05) is 0 Å². The number of aromatic nitrogens is 2. The molecule has 1 heterocycles. The molecule has 7 heteroatoms. The van der Waals surface area contributed by atoms with E-state index in [2.05, 4.69) is 9.97 Å². The predicted octanol–water partition coefficient (Wildman–Crippen LogP) is 4.61. The molecule has 0 amide bonds. The Balaban J connectivity index is 1.74. The third kappa shape index (κ3) is 3.93. The molecule has 5 nitrogen and oxygen atoms in total. The van der Waals surface area contributed by atoms with Crippen LogP contribution in [0.25, 0.3) is 11.0 Å². The Labute approximate surface area is 148 Å². The van der Waals surface area contributed by atoms with Crippen LogP contribution >= 0.6 is 23.2 Å². The van der Waals surface area contributed by atoms with E-state index in [1.807, 2.05) is 0 Å². The molecule has 0 aliphatic carbocycles. The average molecular weight is 363 g/mol. The maximum atomic E-state index is 11.0. The maximum absolute atomic E-state index is 11.0. The first-order valence-corrected chi connectivity index (χ1v) is 7.83. The van der Waals surface area contributed by atoms with Gasteiger partial charge in [0.1, 0.15) is 11.5 Å². The maximum Gasteiger partial charge on any atom is 0.262 e. The highest BCUT2D eigenvalue weighted by Gasteiger charge is 2.11. The van der Waals surface area contributed by atoms with Crippen LogP contribution in [0.2, 0.25) is 5.02 Å². The summed E-state index contributed by atoms with van der Waals surface area (Å²) in [5.41, 5.74) is 1.38. The summed E-state index contributed by atoms with van der Waals surface area (Å²) in [6, 6.07) is 12.0. The van der Waals surface area contributed by atoms with Crippen LogP contribution in [0.5, 0.6) is 17.4 Å². The fourth-order valence-electron chi connectivity index (χ4n) is 1.97. The van der Waals surface area contributed by atoms with E-state index in [1.165, 1.54) is 6.20 Å². The predicted molar refractivity (Wildman–Crippen MR) is 92.0 cm³/mol. The Morgan fingerprint density at radius 3 is 2.50 bits per heavy atom. The topological polar surface area (TPSA) is 61.3 Å². The van der Waals surface area contributed by atoms with Gasteiger partial charge in [0.05, 0.1) is 17.2 Å². The molecule has 122 valence electrons. The van der Waals surface area contributed by atoms with E-state index in [1.54, 1.807) is 49.4 Å². The van der Waals surface area contributed by atoms with Gasteiger partial charge in [-0.05, 0) is 61.0 Å². The van der Waals surface area contributed by atoms with E-state index in [9.17, 15) is 4.79 Å². The van der Waals surface area contributed by atoms with Gasteiger partial charge in [0.15, 0.2) is 6.10 Å². The van der Waals surface area contributed by atoms with E-state index in [-0.39, 0.29) is 0 Å². The standard InChI is InChI=1S/C17H12Cl2N2O3/c1-10(17(19)22)23-12-3-5-13(6-4-12)24-16-9-20-15-8-11(18)2-7-14(15)21-16/h2-10H,1H3. The quantitative estimate of drug-likeness (QED) is 0.620. The fraction of sp³-hybridized carbons (Fsp3) is 0.118. The summed E-state index contributed by atoms with van der Waals surface area (Å²) in [5.74, 6) is 1.45. The molecule has 0 aliphatic heterocycles. The molecule has 0 aliphatic rings. The number of fused-ring (bicyclic) bond motifs is 1. The Morgan fingerprint density at radius 1 is 1.08 bits per heavy atom. The van der Waals surface area contributed by atoms with Crippen molar-refractivity contribution < 1.29 is 14.3 Å². The van der Waals surface area contributed by atoms with E-state index >= 15 is 0 Å². The van der Waals surface area contributed by atoms with Crippen LogP contribution in [0.3, 0.4) is 0 Å². The number of rotatable bonds is 5. The third-order valence-electron chi connectivity index (χ3n) is 3.16. The normalized spacial score (nSPS) is 12.0. The molecule has 3 aromatic rings. The summed E-state index contributed by atoms with van der Waals surface area (Å²) in [5, 5.41) is 0.0487. The molecule has 0 radical (unpaired) electrons. The van der Waals surface area contributed by atoms with Gasteiger partial charge in [-0.2, -0.15) is 0 Å². The zero-order valence-electron chi connectivity index (χ0n) is 12.6. The number of hydrogen-bond acceptors (Lipinski definition) is 5. The van der Waals surface area contributed by atoms with Crippen molar-refractivity contribution in [1.82, 2.24) is 9.97 Å². The summed E-state index contributed by atoms with van der Waals surface area (Å²) in [6.07, 6.45) is 0.814. The molecule has 0 bridgehead atoms. The first kappa shape index (κ1) is 16.5. The largest absolute Gasteiger partial charge is 0.482 e. The highest BCUT2D eigenvalue weighted by molar-refractivity contribution is 6.64. The van der Waals surface area contributed by atoms with E-state index in [4.69, 9.17) is 32.7 Å². The van der Waals surface area contributed by atoms with E-state index < -0.39 is 11.3 Å². The molecule has 3 rings (SSSR count). The third-order valence-corrected chi connectivity index (χ3v) is 3.70. The minimum atomic E-state index is -0.711. The Morgan fingerprint density at radius 2 is 1.79 bits per heavy atom. The number of nitrogens with zero attached hydrogens (tertiary/aromatic N) is 2. The van der Waals surface area contributed by atoms with Gasteiger partial charge in [-0.15, -0.1) is 0 Å². The number of carbonyl (C=O) groups excluding carboxylic acids is 1. The second-order valence-corrected chi connectivity index (χ2v) is 5.79. The molecule has 2 aromatic carbocycles. The molecular formula is C17H12Cl2N2O3. The van der Waals surface area contributed by atoms with Crippen LogP contribution in [-0.4, -0.2) is 21.3 Å². The zero-order valence-corrected chi connectivity index (χ0v) is 14.1. The van der Waals surface area contributed by atoms with Crippen LogP contribution in [-0.2, 0) is 4.79 Å². The van der Waals surface area contributed by atoms with Gasteiger partial charge in [0.2, 0.25) is 5.88 Å². The molecule has 0 fully saturated rings. The molecule has 1 atom stereocenters. The Bertz CT molecular complexity index is 885. The summed E-state index contributed by atoms with van der Waals surface area (Å²) < 4.78 is 11.0. The van der Waals surface area contributed by atoms with Crippen LogP contribution in [0.15, 0.2) is 48.7 Å². The monoisotopic (exact) mass is 362 g/mol. The van der Waals surface area contributed by atoms with Gasteiger partial charge >= 0.3 is 0 Å². The molecule has 24 heavy (non-hydrogen) atoms. The van der Waals surface area contributed by atoms with Crippen LogP contribution in [0, 0.1) is 0 Å². The lowest BCUT2D eigenvalue weighted by molar-refractivity contribution is -0.117. The lowest BCUT2D eigenvalue weighted by Gasteiger charge is -2.11. The molecule has 0 saturated carbocycles. The van der Waals surface area contributed by atoms with Crippen molar-refractivity contribution >= 4 is 39.5 Å². The zero-order chi connectivity index (χ0) is 17.1. The van der Waals surface area contributed by atoms with Gasteiger partial charge < -0.3 is 9.47 Å². The first-order chi connectivity index (χ1) is 11.5. The van der Waals surface area contributed by atoms with E-state index in [0.29, 0.717) is 33.4 Å². The van der Waals surface area contributed by atoms with Gasteiger partial charge in [0, 0.05) is 5.02 Å². The van der Waals surface area contributed by atoms with Crippen molar-refractivity contribution in [3.63, 3.8) is 0 Å². The lowest BCUT2D eigenvalue weighted by atomic mass is 10.3. The van der Waals surface area contributed by atoms with Crippen molar-refractivity contribution in [2.45, 2.75) is 13.0 Å².